The molecular weight excluding hydrogens is 314 g/mol. The fourth-order valence-electron chi connectivity index (χ4n) is 2.89. The van der Waals surface area contributed by atoms with Gasteiger partial charge in [0, 0.05) is 18.0 Å². The molecular formula is C17H23NO4S. The Morgan fingerprint density at radius 1 is 1.43 bits per heavy atom. The van der Waals surface area contributed by atoms with Gasteiger partial charge in [0.15, 0.2) is 0 Å². The van der Waals surface area contributed by atoms with Crippen LogP contribution in [-0.4, -0.2) is 47.8 Å². The number of ether oxygens (including phenoxy) is 1. The molecule has 1 heterocycles. The lowest BCUT2D eigenvalue weighted by atomic mass is 9.77. The van der Waals surface area contributed by atoms with Gasteiger partial charge in [0.05, 0.1) is 18.3 Å². The molecule has 1 saturated heterocycles. The maximum absolute atomic E-state index is 12.4. The van der Waals surface area contributed by atoms with Crippen LogP contribution in [0.3, 0.4) is 0 Å². The van der Waals surface area contributed by atoms with Crippen LogP contribution in [0.25, 0.3) is 0 Å². The number of carbonyl (C=O) groups excluding carboxylic acids is 1. The number of methoxy groups -OCH3 is 1. The molecule has 23 heavy (non-hydrogen) atoms. The van der Waals surface area contributed by atoms with Crippen molar-refractivity contribution in [3.05, 3.63) is 24.3 Å². The molecule has 1 aliphatic heterocycles. The zero-order valence-electron chi connectivity index (χ0n) is 13.6. The van der Waals surface area contributed by atoms with E-state index in [4.69, 9.17) is 4.74 Å². The summed E-state index contributed by atoms with van der Waals surface area (Å²) < 4.78 is 5.17. The number of carboxylic acids is 1. The minimum absolute atomic E-state index is 0.00315. The van der Waals surface area contributed by atoms with Crippen LogP contribution >= 0.6 is 11.8 Å². The summed E-state index contributed by atoms with van der Waals surface area (Å²) in [5.74, 6) is 0.276. The molecule has 0 aromatic heterocycles. The van der Waals surface area contributed by atoms with Crippen molar-refractivity contribution in [3.8, 4) is 5.75 Å². The minimum atomic E-state index is -0.794. The number of piperidine rings is 1. The first-order chi connectivity index (χ1) is 11.0. The van der Waals surface area contributed by atoms with Crippen LogP contribution in [-0.2, 0) is 9.59 Å². The van der Waals surface area contributed by atoms with Gasteiger partial charge in [0.1, 0.15) is 5.75 Å². The predicted molar refractivity (Wildman–Crippen MR) is 89.9 cm³/mol. The van der Waals surface area contributed by atoms with Crippen molar-refractivity contribution in [1.29, 1.82) is 0 Å². The predicted octanol–water partition coefficient (Wildman–Crippen LogP) is 2.89. The molecule has 0 radical (unpaired) electrons. The summed E-state index contributed by atoms with van der Waals surface area (Å²) in [4.78, 5) is 26.7. The van der Waals surface area contributed by atoms with Crippen LogP contribution in [0, 0.1) is 5.41 Å². The molecule has 126 valence electrons. The molecule has 6 heteroatoms. The van der Waals surface area contributed by atoms with Gasteiger partial charge in [-0.15, -0.1) is 11.8 Å². The van der Waals surface area contributed by atoms with E-state index in [-0.39, 0.29) is 5.91 Å². The van der Waals surface area contributed by atoms with Crippen LogP contribution in [0.5, 0.6) is 5.75 Å². The first-order valence-corrected chi connectivity index (χ1v) is 8.77. The second-order valence-electron chi connectivity index (χ2n) is 5.83. The molecule has 1 aromatic carbocycles. The van der Waals surface area contributed by atoms with Crippen molar-refractivity contribution in [2.75, 3.05) is 26.0 Å². The average Bonchev–Trinajstić information content (AvgIpc) is 2.59. The second kappa shape index (κ2) is 7.73. The molecule has 0 spiro atoms. The number of aliphatic carboxylic acids is 1. The Balaban J connectivity index is 1.96. The Hall–Kier alpha value is -1.69. The first kappa shape index (κ1) is 17.7. The van der Waals surface area contributed by atoms with Gasteiger partial charge in [-0.1, -0.05) is 13.0 Å². The monoisotopic (exact) mass is 337 g/mol. The molecule has 0 aliphatic carbocycles. The SMILES string of the molecule is CC[C@@]1(C(=O)O)CCCN(C(=O)CSc2cccc(OC)c2)C1. The van der Waals surface area contributed by atoms with Gasteiger partial charge < -0.3 is 14.7 Å². The van der Waals surface area contributed by atoms with E-state index in [2.05, 4.69) is 0 Å². The number of benzene rings is 1. The van der Waals surface area contributed by atoms with E-state index in [1.807, 2.05) is 31.2 Å². The van der Waals surface area contributed by atoms with Crippen LogP contribution in [0.4, 0.5) is 0 Å². The number of carboxylic acid groups (broad SMARTS) is 1. The molecule has 1 N–H and O–H groups in total. The number of hydrogen-bond donors (Lipinski definition) is 1. The third-order valence-corrected chi connectivity index (χ3v) is 5.44. The molecule has 0 bridgehead atoms. The van der Waals surface area contributed by atoms with E-state index in [1.54, 1.807) is 12.0 Å². The Labute approximate surface area is 141 Å². The van der Waals surface area contributed by atoms with Crippen molar-refractivity contribution in [2.24, 2.45) is 5.41 Å². The Bertz CT molecular complexity index is 577. The maximum atomic E-state index is 12.4. The summed E-state index contributed by atoms with van der Waals surface area (Å²) >= 11 is 1.45. The van der Waals surface area contributed by atoms with E-state index in [0.29, 0.717) is 31.7 Å². The molecule has 0 unspecified atom stereocenters. The first-order valence-electron chi connectivity index (χ1n) is 7.79. The van der Waals surface area contributed by atoms with E-state index >= 15 is 0 Å². The highest BCUT2D eigenvalue weighted by Crippen LogP contribution is 2.34. The van der Waals surface area contributed by atoms with Crippen LogP contribution in [0.1, 0.15) is 26.2 Å². The third-order valence-electron chi connectivity index (χ3n) is 4.46. The van der Waals surface area contributed by atoms with E-state index in [0.717, 1.165) is 17.1 Å². The second-order valence-corrected chi connectivity index (χ2v) is 6.87. The van der Waals surface area contributed by atoms with Gasteiger partial charge in [-0.05, 0) is 37.5 Å². The molecule has 1 aliphatic rings. The summed E-state index contributed by atoms with van der Waals surface area (Å²) in [5.41, 5.74) is -0.783. The molecule has 1 aromatic rings. The van der Waals surface area contributed by atoms with Gasteiger partial charge in [-0.3, -0.25) is 9.59 Å². The lowest BCUT2D eigenvalue weighted by molar-refractivity contribution is -0.154. The molecule has 2 rings (SSSR count). The smallest absolute Gasteiger partial charge is 0.311 e. The number of rotatable bonds is 6. The lowest BCUT2D eigenvalue weighted by Gasteiger charge is -2.39. The molecule has 1 atom stereocenters. The van der Waals surface area contributed by atoms with Gasteiger partial charge in [0.25, 0.3) is 0 Å². The molecule has 1 fully saturated rings. The van der Waals surface area contributed by atoms with Gasteiger partial charge in [-0.25, -0.2) is 0 Å². The van der Waals surface area contributed by atoms with Crippen molar-refractivity contribution in [2.45, 2.75) is 31.1 Å². The summed E-state index contributed by atoms with van der Waals surface area (Å²) in [6.45, 7) is 2.84. The van der Waals surface area contributed by atoms with E-state index < -0.39 is 11.4 Å². The highest BCUT2D eigenvalue weighted by molar-refractivity contribution is 8.00. The largest absolute Gasteiger partial charge is 0.497 e. The quantitative estimate of drug-likeness (QED) is 0.809. The molecule has 0 saturated carbocycles. The van der Waals surface area contributed by atoms with E-state index in [9.17, 15) is 14.7 Å². The highest BCUT2D eigenvalue weighted by atomic mass is 32.2. The standard InChI is InChI=1S/C17H23NO4S/c1-3-17(16(20)21)8-5-9-18(12-17)15(19)11-23-14-7-4-6-13(10-14)22-2/h4,6-7,10H,3,5,8-9,11-12H2,1-2H3,(H,20,21)/t17-/m1/s1. The summed E-state index contributed by atoms with van der Waals surface area (Å²) in [6.07, 6.45) is 1.94. The van der Waals surface area contributed by atoms with Crippen LogP contribution in [0.2, 0.25) is 0 Å². The number of likely N-dealkylation sites (tertiary alicyclic amines) is 1. The number of amides is 1. The highest BCUT2D eigenvalue weighted by Gasteiger charge is 2.41. The van der Waals surface area contributed by atoms with E-state index in [1.165, 1.54) is 11.8 Å². The summed E-state index contributed by atoms with van der Waals surface area (Å²) in [7, 11) is 1.61. The van der Waals surface area contributed by atoms with Crippen LogP contribution < -0.4 is 4.74 Å². The van der Waals surface area contributed by atoms with Crippen LogP contribution in [0.15, 0.2) is 29.2 Å². The van der Waals surface area contributed by atoms with Crippen molar-refractivity contribution < 1.29 is 19.4 Å². The number of thioether (sulfide) groups is 1. The normalized spacial score (nSPS) is 21.0. The fraction of sp³-hybridized carbons (Fsp3) is 0.529. The zero-order valence-corrected chi connectivity index (χ0v) is 14.4. The number of hydrogen-bond acceptors (Lipinski definition) is 4. The molecule has 5 nitrogen and oxygen atoms in total. The van der Waals surface area contributed by atoms with Crippen molar-refractivity contribution in [3.63, 3.8) is 0 Å². The Kier molecular flexibility index (Phi) is 5.93. The lowest BCUT2D eigenvalue weighted by Crippen LogP contribution is -2.50. The minimum Gasteiger partial charge on any atom is -0.497 e. The van der Waals surface area contributed by atoms with Crippen molar-refractivity contribution in [1.82, 2.24) is 4.90 Å². The average molecular weight is 337 g/mol. The number of nitrogens with zero attached hydrogens (tertiary/aromatic N) is 1. The molecule has 1 amide bonds. The van der Waals surface area contributed by atoms with Crippen molar-refractivity contribution >= 4 is 23.6 Å². The summed E-state index contributed by atoms with van der Waals surface area (Å²) in [6, 6.07) is 7.57. The van der Waals surface area contributed by atoms with Gasteiger partial charge >= 0.3 is 5.97 Å². The maximum Gasteiger partial charge on any atom is 0.311 e. The summed E-state index contributed by atoms with van der Waals surface area (Å²) in [5, 5.41) is 9.50. The Morgan fingerprint density at radius 3 is 2.87 bits per heavy atom. The third kappa shape index (κ3) is 4.19. The van der Waals surface area contributed by atoms with Gasteiger partial charge in [0.2, 0.25) is 5.91 Å². The number of carbonyl (C=O) groups is 2. The topological polar surface area (TPSA) is 66.8 Å². The van der Waals surface area contributed by atoms with Gasteiger partial charge in [-0.2, -0.15) is 0 Å². The Morgan fingerprint density at radius 2 is 2.22 bits per heavy atom. The fourth-order valence-corrected chi connectivity index (χ4v) is 3.73. The zero-order chi connectivity index (χ0) is 16.9.